The second-order valence-corrected chi connectivity index (χ2v) is 7.55. The molecule has 0 aliphatic heterocycles. The molecule has 0 atom stereocenters. The maximum absolute atomic E-state index is 12.1. The first-order chi connectivity index (χ1) is 15.4. The Hall–Kier alpha value is -3.90. The van der Waals surface area contributed by atoms with Crippen LogP contribution in [0.4, 0.5) is 5.69 Å². The highest BCUT2D eigenvalue weighted by Crippen LogP contribution is 2.29. The van der Waals surface area contributed by atoms with Gasteiger partial charge in [-0.1, -0.05) is 28.1 Å². The van der Waals surface area contributed by atoms with Crippen LogP contribution in [0, 0.1) is 18.3 Å². The Labute approximate surface area is 192 Å². The normalized spacial score (nSPS) is 10.6. The average molecular weight is 495 g/mol. The molecule has 2 N–H and O–H groups in total. The summed E-state index contributed by atoms with van der Waals surface area (Å²) in [5.74, 6) is 0.569. The number of hydrogen-bond acceptors (Lipinski definition) is 6. The first-order valence-corrected chi connectivity index (χ1v) is 10.2. The van der Waals surface area contributed by atoms with Crippen LogP contribution in [0.25, 0.3) is 12.2 Å². The Balaban J connectivity index is 1.69. The molecule has 0 unspecified atom stereocenters. The van der Waals surface area contributed by atoms with E-state index in [0.29, 0.717) is 28.4 Å². The Morgan fingerprint density at radius 2 is 1.97 bits per heavy atom. The van der Waals surface area contributed by atoms with Crippen molar-refractivity contribution in [1.29, 1.82) is 5.26 Å². The molecule has 162 valence electrons. The van der Waals surface area contributed by atoms with Crippen LogP contribution >= 0.6 is 15.9 Å². The molecule has 8 nitrogen and oxygen atoms in total. The molecule has 32 heavy (non-hydrogen) atoms. The monoisotopic (exact) mass is 494 g/mol. The maximum Gasteiger partial charge on any atom is 0.282 e. The van der Waals surface area contributed by atoms with Crippen LogP contribution in [0.1, 0.15) is 22.4 Å². The van der Waals surface area contributed by atoms with E-state index in [4.69, 9.17) is 14.7 Å². The minimum Gasteiger partial charge on any atom is -0.493 e. The minimum atomic E-state index is -0.519. The standard InChI is InChI=1S/C23H19BrN4O4/c1-14-18(12-25)23(30)28-27-19(14)9-3-15-4-10-20(21(11-15)31-2)32-13-22(29)26-17-7-5-16(24)6-8-17/h3-11H,13H2,1-2H3,(H,26,29)(H,28,30)/b9-3+. The lowest BCUT2D eigenvalue weighted by molar-refractivity contribution is -0.118. The number of anilines is 1. The number of nitrogens with zero attached hydrogens (tertiary/aromatic N) is 2. The molecule has 0 bridgehead atoms. The van der Waals surface area contributed by atoms with Crippen LogP contribution < -0.4 is 20.3 Å². The van der Waals surface area contributed by atoms with Gasteiger partial charge in [0, 0.05) is 10.2 Å². The predicted molar refractivity (Wildman–Crippen MR) is 124 cm³/mol. The van der Waals surface area contributed by atoms with Crippen molar-refractivity contribution in [2.75, 3.05) is 19.0 Å². The zero-order chi connectivity index (χ0) is 23.1. The zero-order valence-electron chi connectivity index (χ0n) is 17.3. The molecule has 1 heterocycles. The van der Waals surface area contributed by atoms with Gasteiger partial charge in [0.1, 0.15) is 11.6 Å². The molecular weight excluding hydrogens is 476 g/mol. The largest absolute Gasteiger partial charge is 0.493 e. The van der Waals surface area contributed by atoms with Gasteiger partial charge in [-0.05, 0) is 60.5 Å². The lowest BCUT2D eigenvalue weighted by Crippen LogP contribution is -2.20. The number of halogens is 1. The number of nitriles is 1. The number of methoxy groups -OCH3 is 1. The number of aromatic amines is 1. The predicted octanol–water partition coefficient (Wildman–Crippen LogP) is 3.91. The summed E-state index contributed by atoms with van der Waals surface area (Å²) < 4.78 is 11.9. The summed E-state index contributed by atoms with van der Waals surface area (Å²) in [7, 11) is 1.50. The number of ether oxygens (including phenoxy) is 2. The fraction of sp³-hybridized carbons (Fsp3) is 0.130. The third kappa shape index (κ3) is 5.62. The summed E-state index contributed by atoms with van der Waals surface area (Å²) in [4.78, 5) is 23.8. The van der Waals surface area contributed by atoms with Gasteiger partial charge in [-0.25, -0.2) is 5.10 Å². The van der Waals surface area contributed by atoms with Gasteiger partial charge in [0.15, 0.2) is 18.1 Å². The molecule has 1 amide bonds. The third-order valence-corrected chi connectivity index (χ3v) is 5.01. The molecule has 0 radical (unpaired) electrons. The van der Waals surface area contributed by atoms with Crippen molar-refractivity contribution in [3.05, 3.63) is 79.7 Å². The van der Waals surface area contributed by atoms with Crippen molar-refractivity contribution >= 4 is 39.7 Å². The number of nitrogens with one attached hydrogen (secondary N) is 2. The van der Waals surface area contributed by atoms with Gasteiger partial charge in [-0.2, -0.15) is 10.4 Å². The SMILES string of the molecule is COc1cc(/C=C/c2n[nH]c(=O)c(C#N)c2C)ccc1OCC(=O)Nc1ccc(Br)cc1. The average Bonchev–Trinajstić information content (AvgIpc) is 2.79. The fourth-order valence-electron chi connectivity index (χ4n) is 2.80. The Kier molecular flexibility index (Phi) is 7.41. The van der Waals surface area contributed by atoms with Crippen LogP contribution in [0.15, 0.2) is 51.7 Å². The zero-order valence-corrected chi connectivity index (χ0v) is 18.9. The Morgan fingerprint density at radius 3 is 2.66 bits per heavy atom. The van der Waals surface area contributed by atoms with Crippen molar-refractivity contribution in [3.8, 4) is 17.6 Å². The van der Waals surface area contributed by atoms with Crippen LogP contribution in [0.5, 0.6) is 11.5 Å². The van der Waals surface area contributed by atoms with E-state index < -0.39 is 5.56 Å². The molecule has 0 spiro atoms. The number of amides is 1. The van der Waals surface area contributed by atoms with E-state index >= 15 is 0 Å². The number of aromatic nitrogens is 2. The second-order valence-electron chi connectivity index (χ2n) is 6.64. The summed E-state index contributed by atoms with van der Waals surface area (Å²) in [6.45, 7) is 1.48. The van der Waals surface area contributed by atoms with E-state index in [1.165, 1.54) is 7.11 Å². The fourth-order valence-corrected chi connectivity index (χ4v) is 3.07. The van der Waals surface area contributed by atoms with Crippen molar-refractivity contribution in [3.63, 3.8) is 0 Å². The number of carbonyl (C=O) groups excluding carboxylic acids is 1. The molecule has 0 aliphatic rings. The number of hydrogen-bond donors (Lipinski definition) is 2. The first kappa shape index (κ1) is 22.8. The Bertz CT molecular complexity index is 1260. The maximum atomic E-state index is 12.1. The molecule has 0 saturated carbocycles. The molecule has 9 heteroatoms. The first-order valence-electron chi connectivity index (χ1n) is 9.45. The highest BCUT2D eigenvalue weighted by molar-refractivity contribution is 9.10. The van der Waals surface area contributed by atoms with E-state index in [2.05, 4.69) is 31.4 Å². The molecule has 3 rings (SSSR count). The van der Waals surface area contributed by atoms with Gasteiger partial charge < -0.3 is 14.8 Å². The molecule has 2 aromatic carbocycles. The van der Waals surface area contributed by atoms with Gasteiger partial charge in [0.25, 0.3) is 11.5 Å². The summed E-state index contributed by atoms with van der Waals surface area (Å²) in [6.07, 6.45) is 3.45. The van der Waals surface area contributed by atoms with Crippen molar-refractivity contribution < 1.29 is 14.3 Å². The Morgan fingerprint density at radius 1 is 1.22 bits per heavy atom. The molecule has 0 saturated heterocycles. The van der Waals surface area contributed by atoms with E-state index in [1.807, 2.05) is 18.2 Å². The van der Waals surface area contributed by atoms with E-state index in [-0.39, 0.29) is 18.1 Å². The molecule has 3 aromatic rings. The van der Waals surface area contributed by atoms with Gasteiger partial charge in [-0.15, -0.1) is 0 Å². The number of H-pyrrole nitrogens is 1. The summed E-state index contributed by atoms with van der Waals surface area (Å²) >= 11 is 3.35. The topological polar surface area (TPSA) is 117 Å². The van der Waals surface area contributed by atoms with E-state index in [1.54, 1.807) is 49.4 Å². The van der Waals surface area contributed by atoms with Crippen molar-refractivity contribution in [2.24, 2.45) is 0 Å². The van der Waals surface area contributed by atoms with Crippen LogP contribution in [-0.2, 0) is 4.79 Å². The van der Waals surface area contributed by atoms with E-state index in [9.17, 15) is 9.59 Å². The molecule has 0 aliphatic carbocycles. The van der Waals surface area contributed by atoms with Crippen LogP contribution in [0.3, 0.4) is 0 Å². The van der Waals surface area contributed by atoms with Gasteiger partial charge in [0.05, 0.1) is 12.8 Å². The lowest BCUT2D eigenvalue weighted by atomic mass is 10.1. The summed E-state index contributed by atoms with van der Waals surface area (Å²) in [5.41, 5.74) is 1.93. The third-order valence-electron chi connectivity index (χ3n) is 4.48. The van der Waals surface area contributed by atoms with Gasteiger partial charge in [0.2, 0.25) is 0 Å². The highest BCUT2D eigenvalue weighted by Gasteiger charge is 2.10. The van der Waals surface area contributed by atoms with Crippen molar-refractivity contribution in [1.82, 2.24) is 10.2 Å². The van der Waals surface area contributed by atoms with Gasteiger partial charge in [-0.3, -0.25) is 9.59 Å². The molecule has 1 aromatic heterocycles. The minimum absolute atomic E-state index is 0.0300. The van der Waals surface area contributed by atoms with Gasteiger partial charge >= 0.3 is 0 Å². The van der Waals surface area contributed by atoms with Crippen molar-refractivity contribution in [2.45, 2.75) is 6.92 Å². The lowest BCUT2D eigenvalue weighted by Gasteiger charge is -2.11. The summed E-state index contributed by atoms with van der Waals surface area (Å²) in [6, 6.07) is 14.3. The number of rotatable bonds is 7. The number of benzene rings is 2. The van der Waals surface area contributed by atoms with Crippen LogP contribution in [0.2, 0.25) is 0 Å². The van der Waals surface area contributed by atoms with Crippen LogP contribution in [-0.4, -0.2) is 29.8 Å². The smallest absolute Gasteiger partial charge is 0.282 e. The van der Waals surface area contributed by atoms with E-state index in [0.717, 1.165) is 10.0 Å². The molecule has 0 fully saturated rings. The number of carbonyl (C=O) groups is 1. The second kappa shape index (κ2) is 10.4. The summed E-state index contributed by atoms with van der Waals surface area (Å²) in [5, 5.41) is 18.1. The highest BCUT2D eigenvalue weighted by atomic mass is 79.9. The molecular formula is C23H19BrN4O4. The quantitative estimate of drug-likeness (QED) is 0.514.